The Morgan fingerprint density at radius 1 is 1.04 bits per heavy atom. The average Bonchev–Trinajstić information content (AvgIpc) is 2.66. The summed E-state index contributed by atoms with van der Waals surface area (Å²) >= 11 is 0. The molecule has 1 amide bonds. The number of carbonyl (C=O) groups is 1. The minimum Gasteiger partial charge on any atom is -0.445 e. The number of hydrogen-bond acceptors (Lipinski definition) is 3. The van der Waals surface area contributed by atoms with Crippen LogP contribution < -0.4 is 0 Å². The average molecular weight is 387 g/mol. The molecule has 0 spiro atoms. The summed E-state index contributed by atoms with van der Waals surface area (Å²) < 4.78 is 34.1. The number of halogens is 2. The number of nitrogens with zero attached hydrogens (tertiary/aromatic N) is 1. The van der Waals surface area contributed by atoms with Gasteiger partial charge in [-0.15, -0.1) is 0 Å². The number of fused-ring (bicyclic) bond motifs is 2. The molecular formula is C22H23F2NO3. The molecular weight excluding hydrogens is 364 g/mol. The molecule has 0 radical (unpaired) electrons. The van der Waals surface area contributed by atoms with E-state index in [1.165, 1.54) is 6.07 Å². The van der Waals surface area contributed by atoms with E-state index < -0.39 is 23.3 Å². The Morgan fingerprint density at radius 2 is 1.64 bits per heavy atom. The lowest BCUT2D eigenvalue weighted by molar-refractivity contribution is -0.0927. The zero-order valence-corrected chi connectivity index (χ0v) is 15.5. The molecule has 0 aliphatic carbocycles. The topological polar surface area (TPSA) is 49.8 Å². The quantitative estimate of drug-likeness (QED) is 0.843. The van der Waals surface area contributed by atoms with Gasteiger partial charge in [0.05, 0.1) is 11.2 Å². The molecule has 2 atom stereocenters. The van der Waals surface area contributed by atoms with E-state index in [0.29, 0.717) is 12.8 Å². The molecule has 2 aromatic rings. The van der Waals surface area contributed by atoms with E-state index in [0.717, 1.165) is 24.1 Å². The Bertz CT molecular complexity index is 824. The Hall–Kier alpha value is -2.47. The number of ether oxygens (including phenoxy) is 1. The zero-order valence-electron chi connectivity index (χ0n) is 15.5. The molecule has 2 heterocycles. The van der Waals surface area contributed by atoms with Crippen molar-refractivity contribution in [2.24, 2.45) is 0 Å². The Balaban J connectivity index is 1.53. The fourth-order valence-electron chi connectivity index (χ4n) is 4.67. The first-order valence-corrected chi connectivity index (χ1v) is 9.64. The minimum atomic E-state index is -1.62. The predicted octanol–water partition coefficient (Wildman–Crippen LogP) is 4.51. The van der Waals surface area contributed by atoms with Gasteiger partial charge in [0, 0.05) is 24.9 Å². The number of carbonyl (C=O) groups excluding carboxylic acids is 1. The van der Waals surface area contributed by atoms with Crippen molar-refractivity contribution in [3.05, 3.63) is 71.3 Å². The van der Waals surface area contributed by atoms with E-state index in [-0.39, 0.29) is 37.1 Å². The lowest BCUT2D eigenvalue weighted by Crippen LogP contribution is -2.59. The van der Waals surface area contributed by atoms with Crippen molar-refractivity contribution in [2.45, 2.75) is 56.4 Å². The molecule has 2 fully saturated rings. The zero-order chi connectivity index (χ0) is 19.7. The highest BCUT2D eigenvalue weighted by molar-refractivity contribution is 5.69. The Morgan fingerprint density at radius 3 is 2.25 bits per heavy atom. The van der Waals surface area contributed by atoms with Crippen LogP contribution in [-0.2, 0) is 16.9 Å². The maximum absolute atomic E-state index is 14.3. The van der Waals surface area contributed by atoms with Crippen LogP contribution in [0.3, 0.4) is 0 Å². The van der Waals surface area contributed by atoms with Crippen molar-refractivity contribution < 1.29 is 23.4 Å². The molecule has 2 saturated heterocycles. The fourth-order valence-corrected chi connectivity index (χ4v) is 4.67. The van der Waals surface area contributed by atoms with Crippen LogP contribution in [0.5, 0.6) is 0 Å². The summed E-state index contributed by atoms with van der Waals surface area (Å²) in [5, 5.41) is 11.2. The first kappa shape index (κ1) is 18.9. The molecule has 1 N–H and O–H groups in total. The van der Waals surface area contributed by atoms with Gasteiger partial charge in [-0.25, -0.2) is 13.6 Å². The summed E-state index contributed by atoms with van der Waals surface area (Å²) in [4.78, 5) is 14.4. The summed E-state index contributed by atoms with van der Waals surface area (Å²) in [6.07, 6.45) is 2.02. The SMILES string of the molecule is O=C(OCc1ccccc1)N1C2CCCC1CC(O)(c1c(F)cccc1F)C2. The smallest absolute Gasteiger partial charge is 0.410 e. The van der Waals surface area contributed by atoms with E-state index in [2.05, 4.69) is 0 Å². The highest BCUT2D eigenvalue weighted by Gasteiger charge is 2.50. The lowest BCUT2D eigenvalue weighted by atomic mass is 9.72. The fraction of sp³-hybridized carbons (Fsp3) is 0.409. The summed E-state index contributed by atoms with van der Waals surface area (Å²) in [5.41, 5.74) is -1.02. The third-order valence-electron chi connectivity index (χ3n) is 5.85. The van der Waals surface area contributed by atoms with Crippen molar-refractivity contribution in [3.8, 4) is 0 Å². The molecule has 2 aliphatic heterocycles. The molecule has 2 aromatic carbocycles. The first-order chi connectivity index (χ1) is 13.5. The number of benzene rings is 2. The Kier molecular flexibility index (Phi) is 5.06. The van der Waals surface area contributed by atoms with Crippen LogP contribution in [0.15, 0.2) is 48.5 Å². The van der Waals surface area contributed by atoms with E-state index in [1.54, 1.807) is 4.90 Å². The predicted molar refractivity (Wildman–Crippen MR) is 99.4 cm³/mol. The molecule has 2 bridgehead atoms. The third kappa shape index (κ3) is 3.49. The van der Waals surface area contributed by atoms with Crippen LogP contribution >= 0.6 is 0 Å². The summed E-state index contributed by atoms with van der Waals surface area (Å²) in [7, 11) is 0. The molecule has 6 heteroatoms. The van der Waals surface area contributed by atoms with Crippen molar-refractivity contribution in [1.82, 2.24) is 4.90 Å². The maximum Gasteiger partial charge on any atom is 0.410 e. The van der Waals surface area contributed by atoms with Gasteiger partial charge in [0.25, 0.3) is 0 Å². The summed E-state index contributed by atoms with van der Waals surface area (Å²) in [6, 6.07) is 12.4. The van der Waals surface area contributed by atoms with Gasteiger partial charge in [0.2, 0.25) is 0 Å². The van der Waals surface area contributed by atoms with Gasteiger partial charge in [-0.2, -0.15) is 0 Å². The van der Waals surface area contributed by atoms with Gasteiger partial charge in [-0.05, 0) is 37.0 Å². The number of hydrogen-bond donors (Lipinski definition) is 1. The largest absolute Gasteiger partial charge is 0.445 e. The highest BCUT2D eigenvalue weighted by atomic mass is 19.1. The van der Waals surface area contributed by atoms with Crippen LogP contribution in [0.2, 0.25) is 0 Å². The van der Waals surface area contributed by atoms with Gasteiger partial charge >= 0.3 is 6.09 Å². The number of aliphatic hydroxyl groups is 1. The van der Waals surface area contributed by atoms with Gasteiger partial charge < -0.3 is 14.7 Å². The minimum absolute atomic E-state index is 0.0990. The van der Waals surface area contributed by atoms with Crippen molar-refractivity contribution in [2.75, 3.05) is 0 Å². The van der Waals surface area contributed by atoms with E-state index in [4.69, 9.17) is 4.74 Å². The molecule has 28 heavy (non-hydrogen) atoms. The highest BCUT2D eigenvalue weighted by Crippen LogP contribution is 2.45. The van der Waals surface area contributed by atoms with Gasteiger partial charge in [-0.1, -0.05) is 36.4 Å². The number of rotatable bonds is 3. The van der Waals surface area contributed by atoms with Gasteiger partial charge in [-0.3, -0.25) is 0 Å². The van der Waals surface area contributed by atoms with E-state index in [9.17, 15) is 18.7 Å². The second-order valence-electron chi connectivity index (χ2n) is 7.72. The van der Waals surface area contributed by atoms with Crippen LogP contribution in [0.1, 0.15) is 43.2 Å². The molecule has 2 unspecified atom stereocenters. The van der Waals surface area contributed by atoms with E-state index in [1.807, 2.05) is 30.3 Å². The van der Waals surface area contributed by atoms with Crippen LogP contribution in [0.25, 0.3) is 0 Å². The second kappa shape index (κ2) is 7.51. The normalized spacial score (nSPS) is 26.8. The van der Waals surface area contributed by atoms with Gasteiger partial charge in [0.15, 0.2) is 0 Å². The number of amides is 1. The van der Waals surface area contributed by atoms with E-state index >= 15 is 0 Å². The standard InChI is InChI=1S/C22H23F2NO3/c23-18-10-5-11-19(24)20(18)22(27)12-16-8-4-9-17(13-22)25(16)21(26)28-14-15-6-2-1-3-7-15/h1-3,5-7,10-11,16-17,27H,4,8-9,12-14H2. The monoisotopic (exact) mass is 387 g/mol. The summed E-state index contributed by atoms with van der Waals surface area (Å²) in [6.45, 7) is 0.168. The molecule has 0 aromatic heterocycles. The second-order valence-corrected chi connectivity index (χ2v) is 7.72. The molecule has 4 rings (SSSR count). The Labute approximate surface area is 162 Å². The molecule has 4 nitrogen and oxygen atoms in total. The van der Waals surface area contributed by atoms with Crippen LogP contribution in [-0.4, -0.2) is 28.2 Å². The van der Waals surface area contributed by atoms with Crippen LogP contribution in [0.4, 0.5) is 13.6 Å². The molecule has 0 saturated carbocycles. The van der Waals surface area contributed by atoms with Crippen LogP contribution in [0, 0.1) is 11.6 Å². The maximum atomic E-state index is 14.3. The third-order valence-corrected chi connectivity index (χ3v) is 5.85. The van der Waals surface area contributed by atoms with Crippen molar-refractivity contribution in [1.29, 1.82) is 0 Å². The molecule has 148 valence electrons. The van der Waals surface area contributed by atoms with Crippen molar-refractivity contribution in [3.63, 3.8) is 0 Å². The van der Waals surface area contributed by atoms with Crippen molar-refractivity contribution >= 4 is 6.09 Å². The first-order valence-electron chi connectivity index (χ1n) is 9.64. The lowest BCUT2D eigenvalue weighted by Gasteiger charge is -2.51. The summed E-state index contributed by atoms with van der Waals surface area (Å²) in [5.74, 6) is -1.50. The number of piperidine rings is 2. The molecule has 2 aliphatic rings. The van der Waals surface area contributed by atoms with Gasteiger partial charge in [0.1, 0.15) is 18.2 Å².